The molecule has 0 unspecified atom stereocenters. The molecule has 0 aromatic carbocycles. The molecule has 0 saturated heterocycles. The van der Waals surface area contributed by atoms with E-state index >= 15 is 0 Å². The largest absolute Gasteiger partial charge is 0.383 e. The molecule has 0 N–H and O–H groups in total. The summed E-state index contributed by atoms with van der Waals surface area (Å²) in [5.41, 5.74) is 0.263. The van der Waals surface area contributed by atoms with Crippen LogP contribution in [0.1, 0.15) is 24.2 Å². The highest BCUT2D eigenvalue weighted by Crippen LogP contribution is 2.05. The number of pyridine rings is 1. The van der Waals surface area contributed by atoms with Crippen LogP contribution in [0.3, 0.4) is 0 Å². The van der Waals surface area contributed by atoms with Crippen LogP contribution in [-0.4, -0.2) is 47.0 Å². The predicted octanol–water partition coefficient (Wildman–Crippen LogP) is 1.44. The Morgan fingerprint density at radius 2 is 2.18 bits per heavy atom. The van der Waals surface area contributed by atoms with Gasteiger partial charge in [0.2, 0.25) is 0 Å². The van der Waals surface area contributed by atoms with Gasteiger partial charge in [-0.2, -0.15) is 0 Å². The molecule has 0 aliphatic carbocycles. The van der Waals surface area contributed by atoms with Gasteiger partial charge in [0.1, 0.15) is 11.2 Å². The Kier molecular flexibility index (Phi) is 5.27. The van der Waals surface area contributed by atoms with Crippen LogP contribution in [-0.2, 0) is 4.74 Å². The summed E-state index contributed by atoms with van der Waals surface area (Å²) in [6.07, 6.45) is 2.98. The molecular weight excluding hydrogens is 282 g/mol. The highest BCUT2D eigenvalue weighted by molar-refractivity contribution is 5.93. The lowest BCUT2D eigenvalue weighted by molar-refractivity contribution is 0.0670. The summed E-state index contributed by atoms with van der Waals surface area (Å²) < 4.78 is 6.43. The first kappa shape index (κ1) is 16.2. The van der Waals surface area contributed by atoms with Gasteiger partial charge in [-0.1, -0.05) is 19.9 Å². The van der Waals surface area contributed by atoms with E-state index in [1.54, 1.807) is 36.4 Å². The van der Waals surface area contributed by atoms with Crippen molar-refractivity contribution in [3.05, 3.63) is 46.5 Å². The van der Waals surface area contributed by atoms with Crippen LogP contribution < -0.4 is 5.56 Å². The van der Waals surface area contributed by atoms with Gasteiger partial charge in [-0.15, -0.1) is 0 Å². The van der Waals surface area contributed by atoms with Gasteiger partial charge >= 0.3 is 0 Å². The summed E-state index contributed by atoms with van der Waals surface area (Å²) in [6, 6.07) is 5.26. The Bertz CT molecular complexity index is 709. The van der Waals surface area contributed by atoms with Gasteiger partial charge in [0, 0.05) is 32.6 Å². The zero-order valence-electron chi connectivity index (χ0n) is 13.2. The molecule has 6 heteroatoms. The van der Waals surface area contributed by atoms with E-state index in [-0.39, 0.29) is 17.0 Å². The SMILES string of the molecule is COCCN(CC(C)C)C(=O)c1cnc2ccccn2c1=O. The number of rotatable bonds is 6. The van der Waals surface area contributed by atoms with Crippen LogP contribution in [0.15, 0.2) is 35.4 Å². The maximum Gasteiger partial charge on any atom is 0.270 e. The molecule has 1 amide bonds. The van der Waals surface area contributed by atoms with E-state index in [0.717, 1.165) is 0 Å². The first-order valence-electron chi connectivity index (χ1n) is 7.29. The topological polar surface area (TPSA) is 63.9 Å². The zero-order valence-corrected chi connectivity index (χ0v) is 13.2. The summed E-state index contributed by atoms with van der Waals surface area (Å²) in [7, 11) is 1.59. The number of carbonyl (C=O) groups is 1. The number of amides is 1. The van der Waals surface area contributed by atoms with Gasteiger partial charge in [0.15, 0.2) is 0 Å². The molecule has 0 bridgehead atoms. The average Bonchev–Trinajstić information content (AvgIpc) is 2.51. The van der Waals surface area contributed by atoms with Gasteiger partial charge in [0.25, 0.3) is 11.5 Å². The first-order chi connectivity index (χ1) is 10.5. The molecule has 0 atom stereocenters. The summed E-state index contributed by atoms with van der Waals surface area (Å²) >= 11 is 0. The monoisotopic (exact) mass is 303 g/mol. The third-order valence-electron chi connectivity index (χ3n) is 3.28. The van der Waals surface area contributed by atoms with Gasteiger partial charge < -0.3 is 9.64 Å². The molecule has 2 aromatic heterocycles. The van der Waals surface area contributed by atoms with Crippen molar-refractivity contribution in [2.75, 3.05) is 26.8 Å². The number of fused-ring (bicyclic) bond motifs is 1. The average molecular weight is 303 g/mol. The Balaban J connectivity index is 2.37. The summed E-state index contributed by atoms with van der Waals surface area (Å²) in [5, 5.41) is 0. The van der Waals surface area contributed by atoms with Crippen molar-refractivity contribution in [1.29, 1.82) is 0 Å². The normalized spacial score (nSPS) is 11.1. The van der Waals surface area contributed by atoms with Crippen LogP contribution >= 0.6 is 0 Å². The van der Waals surface area contributed by atoms with Crippen LogP contribution in [0, 0.1) is 5.92 Å². The van der Waals surface area contributed by atoms with Crippen molar-refractivity contribution >= 4 is 11.6 Å². The Labute approximate surface area is 129 Å². The number of aromatic nitrogens is 2. The predicted molar refractivity (Wildman–Crippen MR) is 84.1 cm³/mol. The fourth-order valence-corrected chi connectivity index (χ4v) is 2.26. The van der Waals surface area contributed by atoms with Gasteiger partial charge in [-0.25, -0.2) is 4.98 Å². The lowest BCUT2D eigenvalue weighted by Gasteiger charge is -2.24. The molecule has 0 spiro atoms. The second-order valence-electron chi connectivity index (χ2n) is 5.54. The molecule has 0 saturated carbocycles. The van der Waals surface area contributed by atoms with Crippen LogP contribution in [0.2, 0.25) is 0 Å². The van der Waals surface area contributed by atoms with E-state index < -0.39 is 0 Å². The van der Waals surface area contributed by atoms with E-state index in [2.05, 4.69) is 4.98 Å². The fourth-order valence-electron chi connectivity index (χ4n) is 2.26. The standard InChI is InChI=1S/C16H21N3O3/c1-12(2)11-18(8-9-22-3)15(20)13-10-17-14-6-4-5-7-19(14)16(13)21/h4-7,10,12H,8-9,11H2,1-3H3. The maximum atomic E-state index is 12.7. The second kappa shape index (κ2) is 7.17. The van der Waals surface area contributed by atoms with Crippen molar-refractivity contribution in [1.82, 2.24) is 14.3 Å². The van der Waals surface area contributed by atoms with E-state index in [1.807, 2.05) is 13.8 Å². The maximum absolute atomic E-state index is 12.7. The van der Waals surface area contributed by atoms with Crippen molar-refractivity contribution in [3.63, 3.8) is 0 Å². The molecular formula is C16H21N3O3. The Morgan fingerprint density at radius 3 is 2.86 bits per heavy atom. The van der Waals surface area contributed by atoms with Gasteiger partial charge in [0.05, 0.1) is 6.61 Å². The molecule has 2 heterocycles. The van der Waals surface area contributed by atoms with Crippen LogP contribution in [0.5, 0.6) is 0 Å². The number of methoxy groups -OCH3 is 1. The van der Waals surface area contributed by atoms with Crippen molar-refractivity contribution in [2.24, 2.45) is 5.92 Å². The van der Waals surface area contributed by atoms with E-state index in [4.69, 9.17) is 4.74 Å². The Morgan fingerprint density at radius 1 is 1.41 bits per heavy atom. The number of hydrogen-bond donors (Lipinski definition) is 0. The lowest BCUT2D eigenvalue weighted by Crippen LogP contribution is -2.40. The summed E-state index contributed by atoms with van der Waals surface area (Å²) in [5.74, 6) is -0.00141. The molecule has 0 aliphatic rings. The third-order valence-corrected chi connectivity index (χ3v) is 3.28. The van der Waals surface area contributed by atoms with E-state index in [1.165, 1.54) is 10.6 Å². The minimum atomic E-state index is -0.346. The molecule has 2 aromatic rings. The van der Waals surface area contributed by atoms with Crippen molar-refractivity contribution < 1.29 is 9.53 Å². The Hall–Kier alpha value is -2.21. The molecule has 0 radical (unpaired) electrons. The molecule has 6 nitrogen and oxygen atoms in total. The number of carbonyl (C=O) groups excluding carboxylic acids is 1. The fraction of sp³-hybridized carbons (Fsp3) is 0.438. The quantitative estimate of drug-likeness (QED) is 0.810. The molecule has 0 fully saturated rings. The van der Waals surface area contributed by atoms with E-state index in [0.29, 0.717) is 31.3 Å². The number of ether oxygens (including phenoxy) is 1. The van der Waals surface area contributed by atoms with Crippen molar-refractivity contribution in [3.8, 4) is 0 Å². The molecule has 2 rings (SSSR count). The van der Waals surface area contributed by atoms with Crippen LogP contribution in [0.25, 0.3) is 5.65 Å². The molecule has 0 aliphatic heterocycles. The minimum absolute atomic E-state index is 0.0838. The second-order valence-corrected chi connectivity index (χ2v) is 5.54. The zero-order chi connectivity index (χ0) is 16.1. The summed E-state index contributed by atoms with van der Waals surface area (Å²) in [6.45, 7) is 5.50. The molecule has 118 valence electrons. The molecule has 22 heavy (non-hydrogen) atoms. The number of nitrogens with zero attached hydrogens (tertiary/aromatic N) is 3. The van der Waals surface area contributed by atoms with Gasteiger partial charge in [-0.05, 0) is 18.1 Å². The van der Waals surface area contributed by atoms with Crippen molar-refractivity contribution in [2.45, 2.75) is 13.8 Å². The lowest BCUT2D eigenvalue weighted by atomic mass is 10.2. The third kappa shape index (κ3) is 3.51. The number of hydrogen-bond acceptors (Lipinski definition) is 4. The van der Waals surface area contributed by atoms with Gasteiger partial charge in [-0.3, -0.25) is 14.0 Å². The van der Waals surface area contributed by atoms with E-state index in [9.17, 15) is 9.59 Å². The highest BCUT2D eigenvalue weighted by Gasteiger charge is 2.20. The minimum Gasteiger partial charge on any atom is -0.383 e. The first-order valence-corrected chi connectivity index (χ1v) is 7.29. The highest BCUT2D eigenvalue weighted by atomic mass is 16.5. The smallest absolute Gasteiger partial charge is 0.270 e. The van der Waals surface area contributed by atoms with Crippen LogP contribution in [0.4, 0.5) is 0 Å². The summed E-state index contributed by atoms with van der Waals surface area (Å²) in [4.78, 5) is 31.0.